The second-order valence-electron chi connectivity index (χ2n) is 5.88. The highest BCUT2D eigenvalue weighted by atomic mass is 16.1. The van der Waals surface area contributed by atoms with Crippen molar-refractivity contribution in [1.82, 2.24) is 10.2 Å². The van der Waals surface area contributed by atoms with Crippen molar-refractivity contribution in [3.63, 3.8) is 0 Å². The van der Waals surface area contributed by atoms with Crippen LogP contribution in [0.2, 0.25) is 0 Å². The van der Waals surface area contributed by atoms with Crippen molar-refractivity contribution in [2.24, 2.45) is 11.7 Å². The van der Waals surface area contributed by atoms with Gasteiger partial charge in [0.1, 0.15) is 6.29 Å². The summed E-state index contributed by atoms with van der Waals surface area (Å²) in [5.41, 5.74) is 5.37. The third-order valence-corrected chi connectivity index (χ3v) is 4.28. The summed E-state index contributed by atoms with van der Waals surface area (Å²) in [6.07, 6.45) is 8.65. The van der Waals surface area contributed by atoms with Crippen molar-refractivity contribution in [2.45, 2.75) is 44.9 Å². The quantitative estimate of drug-likeness (QED) is 0.585. The van der Waals surface area contributed by atoms with Crippen molar-refractivity contribution in [3.05, 3.63) is 17.8 Å². The van der Waals surface area contributed by atoms with Gasteiger partial charge in [-0.25, -0.2) is 0 Å². The molecule has 0 aromatic carbocycles. The normalized spacial score (nSPS) is 15.7. The van der Waals surface area contributed by atoms with Crippen LogP contribution in [0.4, 0.5) is 5.82 Å². The molecule has 2 heterocycles. The molecule has 0 unspecified atom stereocenters. The fourth-order valence-electron chi connectivity index (χ4n) is 2.91. The van der Waals surface area contributed by atoms with E-state index in [4.69, 9.17) is 5.73 Å². The molecule has 0 radical (unpaired) electrons. The smallest absolute Gasteiger partial charge is 0.269 e. The SMILES string of the molecule is NC(=O)c1ccc(N2CCC(CCCCCC=O)CC2)nn1. The number of amides is 1. The molecule has 0 spiro atoms. The molecule has 1 fully saturated rings. The lowest BCUT2D eigenvalue weighted by Gasteiger charge is -2.32. The van der Waals surface area contributed by atoms with Gasteiger partial charge in [-0.05, 0) is 37.3 Å². The third kappa shape index (κ3) is 4.79. The van der Waals surface area contributed by atoms with Crippen LogP contribution in [0.15, 0.2) is 12.1 Å². The van der Waals surface area contributed by atoms with Crippen LogP contribution in [0.5, 0.6) is 0 Å². The third-order valence-electron chi connectivity index (χ3n) is 4.28. The van der Waals surface area contributed by atoms with E-state index in [1.54, 1.807) is 6.07 Å². The molecular formula is C16H24N4O2. The maximum Gasteiger partial charge on any atom is 0.269 e. The van der Waals surface area contributed by atoms with Crippen LogP contribution in [-0.2, 0) is 4.79 Å². The van der Waals surface area contributed by atoms with Gasteiger partial charge >= 0.3 is 0 Å². The van der Waals surface area contributed by atoms with E-state index in [9.17, 15) is 9.59 Å². The van der Waals surface area contributed by atoms with E-state index in [2.05, 4.69) is 15.1 Å². The number of piperidine rings is 1. The van der Waals surface area contributed by atoms with Crippen LogP contribution in [0.25, 0.3) is 0 Å². The molecule has 6 nitrogen and oxygen atoms in total. The van der Waals surface area contributed by atoms with Gasteiger partial charge in [-0.3, -0.25) is 4.79 Å². The molecule has 0 bridgehead atoms. The average molecular weight is 304 g/mol. The van der Waals surface area contributed by atoms with E-state index in [1.807, 2.05) is 6.07 Å². The Morgan fingerprint density at radius 2 is 2.00 bits per heavy atom. The van der Waals surface area contributed by atoms with E-state index in [0.717, 1.165) is 56.8 Å². The number of aldehydes is 1. The zero-order chi connectivity index (χ0) is 15.8. The average Bonchev–Trinajstić information content (AvgIpc) is 2.55. The van der Waals surface area contributed by atoms with Gasteiger partial charge in [-0.15, -0.1) is 10.2 Å². The van der Waals surface area contributed by atoms with Gasteiger partial charge in [0.05, 0.1) is 0 Å². The molecule has 120 valence electrons. The van der Waals surface area contributed by atoms with Gasteiger partial charge in [-0.1, -0.05) is 19.3 Å². The predicted octanol–water partition coefficient (Wildman–Crippen LogP) is 1.94. The lowest BCUT2D eigenvalue weighted by atomic mass is 9.91. The van der Waals surface area contributed by atoms with E-state index < -0.39 is 5.91 Å². The Labute approximate surface area is 131 Å². The summed E-state index contributed by atoms with van der Waals surface area (Å²) in [6.45, 7) is 1.95. The number of carbonyl (C=O) groups excluding carboxylic acids is 2. The molecule has 6 heteroatoms. The second kappa shape index (κ2) is 8.46. The molecule has 0 atom stereocenters. The number of anilines is 1. The minimum atomic E-state index is -0.549. The standard InChI is InChI=1S/C16H24N4O2/c17-16(22)14-6-7-15(19-18-14)20-10-8-13(9-11-20)5-3-1-2-4-12-21/h6-7,12-13H,1-5,8-11H2,(H2,17,22). The molecule has 1 aliphatic rings. The van der Waals surface area contributed by atoms with E-state index >= 15 is 0 Å². The Morgan fingerprint density at radius 1 is 1.23 bits per heavy atom. The number of hydrogen-bond donors (Lipinski definition) is 1. The summed E-state index contributed by atoms with van der Waals surface area (Å²) >= 11 is 0. The first-order valence-corrected chi connectivity index (χ1v) is 8.03. The van der Waals surface area contributed by atoms with Crippen molar-refractivity contribution >= 4 is 18.0 Å². The van der Waals surface area contributed by atoms with Crippen LogP contribution in [-0.4, -0.2) is 35.5 Å². The number of nitrogens with zero attached hydrogens (tertiary/aromatic N) is 3. The molecule has 1 amide bonds. The lowest BCUT2D eigenvalue weighted by Crippen LogP contribution is -2.34. The number of nitrogens with two attached hydrogens (primary N) is 1. The largest absolute Gasteiger partial charge is 0.364 e. The van der Waals surface area contributed by atoms with Gasteiger partial charge in [0, 0.05) is 19.5 Å². The topological polar surface area (TPSA) is 89.2 Å². The number of unbranched alkanes of at least 4 members (excludes halogenated alkanes) is 3. The summed E-state index contributed by atoms with van der Waals surface area (Å²) in [5, 5.41) is 7.94. The molecule has 1 saturated heterocycles. The van der Waals surface area contributed by atoms with Gasteiger partial charge in [0.25, 0.3) is 5.91 Å². The Balaban J connectivity index is 1.72. The molecule has 1 aliphatic heterocycles. The molecule has 22 heavy (non-hydrogen) atoms. The highest BCUT2D eigenvalue weighted by molar-refractivity contribution is 5.90. The van der Waals surface area contributed by atoms with Gasteiger partial charge in [-0.2, -0.15) is 0 Å². The van der Waals surface area contributed by atoms with Crippen LogP contribution >= 0.6 is 0 Å². The first kappa shape index (κ1) is 16.4. The Morgan fingerprint density at radius 3 is 2.59 bits per heavy atom. The zero-order valence-electron chi connectivity index (χ0n) is 12.9. The summed E-state index contributed by atoms with van der Waals surface area (Å²) in [5.74, 6) is 1.03. The minimum Gasteiger partial charge on any atom is -0.364 e. The number of primary amides is 1. The van der Waals surface area contributed by atoms with Crippen molar-refractivity contribution in [3.8, 4) is 0 Å². The van der Waals surface area contributed by atoms with E-state index in [1.165, 1.54) is 12.8 Å². The number of hydrogen-bond acceptors (Lipinski definition) is 5. The van der Waals surface area contributed by atoms with Gasteiger partial charge in [0.2, 0.25) is 0 Å². The van der Waals surface area contributed by atoms with Crippen molar-refractivity contribution in [1.29, 1.82) is 0 Å². The van der Waals surface area contributed by atoms with Crippen LogP contribution in [0.3, 0.4) is 0 Å². The summed E-state index contributed by atoms with van der Waals surface area (Å²) in [4.78, 5) is 23.5. The number of carbonyl (C=O) groups is 2. The van der Waals surface area contributed by atoms with Crippen LogP contribution in [0, 0.1) is 5.92 Å². The summed E-state index contributed by atoms with van der Waals surface area (Å²) in [7, 11) is 0. The highest BCUT2D eigenvalue weighted by Crippen LogP contribution is 2.25. The van der Waals surface area contributed by atoms with Gasteiger partial charge < -0.3 is 15.4 Å². The van der Waals surface area contributed by atoms with Gasteiger partial charge in [0.15, 0.2) is 11.5 Å². The number of aromatic nitrogens is 2. The van der Waals surface area contributed by atoms with Crippen LogP contribution < -0.4 is 10.6 Å². The molecule has 1 aromatic rings. The first-order chi connectivity index (χ1) is 10.7. The molecular weight excluding hydrogens is 280 g/mol. The number of rotatable bonds is 8. The Bertz CT molecular complexity index is 481. The lowest BCUT2D eigenvalue weighted by molar-refractivity contribution is -0.107. The fraction of sp³-hybridized carbons (Fsp3) is 0.625. The molecule has 2 rings (SSSR count). The maximum atomic E-state index is 11.0. The Kier molecular flexibility index (Phi) is 6.30. The first-order valence-electron chi connectivity index (χ1n) is 8.03. The summed E-state index contributed by atoms with van der Waals surface area (Å²) < 4.78 is 0. The van der Waals surface area contributed by atoms with E-state index in [0.29, 0.717) is 6.42 Å². The predicted molar refractivity (Wildman–Crippen MR) is 84.6 cm³/mol. The minimum absolute atomic E-state index is 0.203. The molecule has 0 aliphatic carbocycles. The Hall–Kier alpha value is -1.98. The molecule has 0 saturated carbocycles. The monoisotopic (exact) mass is 304 g/mol. The maximum absolute atomic E-state index is 11.0. The van der Waals surface area contributed by atoms with Crippen LogP contribution in [0.1, 0.15) is 55.4 Å². The fourth-order valence-corrected chi connectivity index (χ4v) is 2.91. The van der Waals surface area contributed by atoms with E-state index in [-0.39, 0.29) is 5.69 Å². The molecule has 2 N–H and O–H groups in total. The summed E-state index contributed by atoms with van der Waals surface area (Å²) in [6, 6.07) is 3.44. The molecule has 1 aromatic heterocycles. The zero-order valence-corrected chi connectivity index (χ0v) is 12.9. The highest BCUT2D eigenvalue weighted by Gasteiger charge is 2.20. The van der Waals surface area contributed by atoms with Crippen molar-refractivity contribution < 1.29 is 9.59 Å². The van der Waals surface area contributed by atoms with Crippen molar-refractivity contribution in [2.75, 3.05) is 18.0 Å². The second-order valence-corrected chi connectivity index (χ2v) is 5.88.